The van der Waals surface area contributed by atoms with E-state index in [9.17, 15) is 34.2 Å². The number of carboxylic acids is 2. The molecule has 3 aromatic rings. The maximum atomic E-state index is 12.1. The molecule has 0 bridgehead atoms. The SMILES string of the molecule is CCN(CC1CCN(C(=O)N(C)C)CC1)C(C)Cc1cccc(CCl)c1.O=C(O[C@@H](C(=O)O)[C@@H](OC(=O)c1ccccc1)C(=O)O)c1ccccc1. The van der Waals surface area contributed by atoms with Crippen molar-refractivity contribution in [3.05, 3.63) is 107 Å². The summed E-state index contributed by atoms with van der Waals surface area (Å²) in [4.78, 5) is 65.2. The van der Waals surface area contributed by atoms with Gasteiger partial charge in [-0.25, -0.2) is 24.0 Å². The number of piperidine rings is 1. The lowest BCUT2D eigenvalue weighted by Gasteiger charge is -2.37. The molecule has 1 saturated heterocycles. The maximum absolute atomic E-state index is 12.1. The van der Waals surface area contributed by atoms with Crippen molar-refractivity contribution in [3.8, 4) is 0 Å². The van der Waals surface area contributed by atoms with E-state index in [0.717, 1.165) is 45.4 Å². The van der Waals surface area contributed by atoms with E-state index in [-0.39, 0.29) is 17.2 Å². The lowest BCUT2D eigenvalue weighted by Crippen LogP contribution is -2.46. The number of carbonyl (C=O) groups is 5. The van der Waals surface area contributed by atoms with Crippen molar-refractivity contribution in [2.75, 3.05) is 40.3 Å². The second-order valence-electron chi connectivity index (χ2n) is 12.8. The van der Waals surface area contributed by atoms with Crippen LogP contribution in [0.4, 0.5) is 4.79 Å². The number of carboxylic acid groups (broad SMARTS) is 2. The van der Waals surface area contributed by atoms with Crippen molar-refractivity contribution in [3.63, 3.8) is 0 Å². The average Bonchev–Trinajstić information content (AvgIpc) is 3.15. The van der Waals surface area contributed by atoms with Gasteiger partial charge in [0.25, 0.3) is 0 Å². The van der Waals surface area contributed by atoms with Gasteiger partial charge in [0.05, 0.1) is 11.1 Å². The van der Waals surface area contributed by atoms with Crippen LogP contribution in [0.1, 0.15) is 58.5 Å². The third kappa shape index (κ3) is 12.7. The summed E-state index contributed by atoms with van der Waals surface area (Å²) in [6.45, 7) is 8.51. The van der Waals surface area contributed by atoms with Crippen LogP contribution in [0.5, 0.6) is 0 Å². The van der Waals surface area contributed by atoms with Gasteiger partial charge >= 0.3 is 29.9 Å². The van der Waals surface area contributed by atoms with Crippen LogP contribution in [-0.4, -0.2) is 113 Å². The Hall–Kier alpha value is -4.94. The van der Waals surface area contributed by atoms with Gasteiger partial charge in [0.2, 0.25) is 12.2 Å². The topological polar surface area (TPSA) is 154 Å². The van der Waals surface area contributed by atoms with E-state index in [1.807, 2.05) is 19.0 Å². The fourth-order valence-electron chi connectivity index (χ4n) is 5.85. The molecule has 0 radical (unpaired) electrons. The second kappa shape index (κ2) is 20.8. The summed E-state index contributed by atoms with van der Waals surface area (Å²) in [6.07, 6.45) is -1.17. The quantitative estimate of drug-likeness (QED) is 0.156. The van der Waals surface area contributed by atoms with Crippen molar-refractivity contribution in [1.82, 2.24) is 14.7 Å². The molecule has 3 aromatic carbocycles. The molecule has 280 valence electrons. The van der Waals surface area contributed by atoms with Crippen LogP contribution in [0, 0.1) is 5.92 Å². The van der Waals surface area contributed by atoms with Gasteiger partial charge in [-0.05, 0) is 74.0 Å². The number of alkyl halides is 1. The third-order valence-electron chi connectivity index (χ3n) is 8.72. The second-order valence-corrected chi connectivity index (χ2v) is 13.0. The fraction of sp³-hybridized carbons (Fsp3) is 0.410. The monoisotopic (exact) mass is 737 g/mol. The molecule has 1 fully saturated rings. The molecule has 4 rings (SSSR count). The minimum atomic E-state index is -2.21. The number of ether oxygens (including phenoxy) is 2. The van der Waals surface area contributed by atoms with Crippen molar-refractivity contribution in [2.45, 2.75) is 57.2 Å². The number of carbonyl (C=O) groups excluding carboxylic acids is 3. The fourth-order valence-corrected chi connectivity index (χ4v) is 6.02. The number of rotatable bonds is 14. The Morgan fingerprint density at radius 1 is 0.788 bits per heavy atom. The van der Waals surface area contributed by atoms with Gasteiger partial charge in [-0.15, -0.1) is 11.6 Å². The summed E-state index contributed by atoms with van der Waals surface area (Å²) >= 11 is 5.97. The van der Waals surface area contributed by atoms with Gasteiger partial charge in [-0.3, -0.25) is 0 Å². The normalized spacial score (nSPS) is 14.6. The van der Waals surface area contributed by atoms with Crippen LogP contribution in [0.3, 0.4) is 0 Å². The number of aliphatic carboxylic acids is 2. The lowest BCUT2D eigenvalue weighted by molar-refractivity contribution is -0.166. The van der Waals surface area contributed by atoms with E-state index in [2.05, 4.69) is 43.0 Å². The first kappa shape index (κ1) is 41.5. The molecular formula is C39H48ClN3O9. The molecule has 0 saturated carbocycles. The van der Waals surface area contributed by atoms with E-state index < -0.39 is 36.1 Å². The van der Waals surface area contributed by atoms with Crippen LogP contribution in [-0.2, 0) is 31.4 Å². The zero-order chi connectivity index (χ0) is 38.2. The number of nitrogens with zero attached hydrogens (tertiary/aromatic N) is 3. The summed E-state index contributed by atoms with van der Waals surface area (Å²) in [5.41, 5.74) is 2.60. The molecule has 0 spiro atoms. The zero-order valence-electron chi connectivity index (χ0n) is 30.0. The molecule has 52 heavy (non-hydrogen) atoms. The number of esters is 2. The van der Waals surface area contributed by atoms with Crippen LogP contribution >= 0.6 is 11.6 Å². The molecule has 2 N–H and O–H groups in total. The van der Waals surface area contributed by atoms with E-state index in [1.165, 1.54) is 59.7 Å². The number of benzene rings is 3. The number of hydrogen-bond acceptors (Lipinski definition) is 8. The molecule has 12 nitrogen and oxygen atoms in total. The van der Waals surface area contributed by atoms with Crippen molar-refractivity contribution in [2.24, 2.45) is 5.92 Å². The number of urea groups is 1. The Balaban J connectivity index is 0.000000280. The van der Waals surface area contributed by atoms with E-state index in [1.54, 1.807) is 17.0 Å². The average molecular weight is 738 g/mol. The zero-order valence-corrected chi connectivity index (χ0v) is 30.8. The van der Waals surface area contributed by atoms with Crippen LogP contribution in [0.2, 0.25) is 0 Å². The first-order valence-corrected chi connectivity index (χ1v) is 17.7. The Bertz CT molecular complexity index is 1550. The van der Waals surface area contributed by atoms with E-state index in [4.69, 9.17) is 21.1 Å². The maximum Gasteiger partial charge on any atom is 0.349 e. The Labute approximate surface area is 309 Å². The summed E-state index contributed by atoms with van der Waals surface area (Å²) in [7, 11) is 3.66. The van der Waals surface area contributed by atoms with Gasteiger partial charge < -0.3 is 34.4 Å². The largest absolute Gasteiger partial charge is 0.478 e. The number of likely N-dealkylation sites (tertiary alicyclic amines) is 1. The van der Waals surface area contributed by atoms with Gasteiger partial charge in [-0.1, -0.05) is 67.6 Å². The van der Waals surface area contributed by atoms with E-state index in [0.29, 0.717) is 17.8 Å². The van der Waals surface area contributed by atoms with Gasteiger partial charge in [-0.2, -0.15) is 0 Å². The first-order chi connectivity index (χ1) is 24.8. The Morgan fingerprint density at radius 2 is 1.27 bits per heavy atom. The molecule has 1 aliphatic heterocycles. The number of likely N-dealkylation sites (N-methyl/N-ethyl adjacent to an activating group) is 1. The highest BCUT2D eigenvalue weighted by molar-refractivity contribution is 6.17. The molecule has 0 aromatic heterocycles. The van der Waals surface area contributed by atoms with Gasteiger partial charge in [0.1, 0.15) is 0 Å². The van der Waals surface area contributed by atoms with E-state index >= 15 is 0 Å². The number of amides is 2. The highest BCUT2D eigenvalue weighted by atomic mass is 35.5. The van der Waals surface area contributed by atoms with Crippen LogP contribution in [0.25, 0.3) is 0 Å². The Kier molecular flexibility index (Phi) is 16.6. The first-order valence-electron chi connectivity index (χ1n) is 17.2. The van der Waals surface area contributed by atoms with Gasteiger partial charge in [0, 0.05) is 45.7 Å². The number of hydrogen-bond donors (Lipinski definition) is 2. The summed E-state index contributed by atoms with van der Waals surface area (Å²) in [5, 5.41) is 18.5. The molecule has 2 amide bonds. The lowest BCUT2D eigenvalue weighted by atomic mass is 9.95. The molecular weight excluding hydrogens is 690 g/mol. The highest BCUT2D eigenvalue weighted by Gasteiger charge is 2.41. The third-order valence-corrected chi connectivity index (χ3v) is 9.02. The minimum Gasteiger partial charge on any atom is -0.478 e. The summed E-state index contributed by atoms with van der Waals surface area (Å²) < 4.78 is 9.52. The molecule has 1 heterocycles. The predicted molar refractivity (Wildman–Crippen MR) is 196 cm³/mol. The predicted octanol–water partition coefficient (Wildman–Crippen LogP) is 5.68. The highest BCUT2D eigenvalue weighted by Crippen LogP contribution is 2.21. The van der Waals surface area contributed by atoms with Crippen molar-refractivity contribution < 1.29 is 43.7 Å². The number of halogens is 1. The molecule has 0 aliphatic carbocycles. The minimum absolute atomic E-state index is 0.0253. The van der Waals surface area contributed by atoms with Crippen LogP contribution < -0.4 is 0 Å². The molecule has 13 heteroatoms. The summed E-state index contributed by atoms with van der Waals surface area (Å²) in [5.74, 6) is -4.38. The standard InChI is InChI=1S/C21H34ClN3O.C18H14O8/c1-5-24(17(2)13-19-7-6-8-20(14-19)15-22)16-18-9-11-25(12-10-18)21(26)23(3)4;19-15(20)13(25-17(23)11-7-3-1-4-8-11)14(16(21)22)26-18(24)12-9-5-2-6-10-12/h6-8,14,17-18H,5,9-13,15-16H2,1-4H3;1-10,13-14H,(H,19,20)(H,21,22)/t;13-,14-/m.1/s1. The summed E-state index contributed by atoms with van der Waals surface area (Å²) in [6, 6.07) is 24.1. The smallest absolute Gasteiger partial charge is 0.349 e. The molecule has 3 atom stereocenters. The van der Waals surface area contributed by atoms with Crippen LogP contribution in [0.15, 0.2) is 84.9 Å². The van der Waals surface area contributed by atoms with Crippen molar-refractivity contribution >= 4 is 41.5 Å². The Morgan fingerprint density at radius 3 is 1.69 bits per heavy atom. The molecule has 1 unspecified atom stereocenters. The van der Waals surface area contributed by atoms with Gasteiger partial charge in [0.15, 0.2) is 0 Å². The van der Waals surface area contributed by atoms with Crippen molar-refractivity contribution in [1.29, 1.82) is 0 Å². The molecule has 1 aliphatic rings.